The second-order valence-electron chi connectivity index (χ2n) is 5.74. The zero-order chi connectivity index (χ0) is 14.6. The molecular weight excluding hydrogens is 276 g/mol. The van der Waals surface area contributed by atoms with E-state index in [0.29, 0.717) is 25.9 Å². The smallest absolute Gasteiger partial charge is 0.320 e. The van der Waals surface area contributed by atoms with Gasteiger partial charge in [0, 0.05) is 31.9 Å². The number of carboxylic acids is 1. The van der Waals surface area contributed by atoms with E-state index in [4.69, 9.17) is 0 Å². The van der Waals surface area contributed by atoms with Crippen molar-refractivity contribution in [3.05, 3.63) is 0 Å². The van der Waals surface area contributed by atoms with Crippen molar-refractivity contribution in [3.63, 3.8) is 0 Å². The summed E-state index contributed by atoms with van der Waals surface area (Å²) in [7, 11) is 0. The second kappa shape index (κ2) is 6.70. The molecule has 0 bridgehead atoms. The Morgan fingerprint density at radius 1 is 1.20 bits per heavy atom. The molecule has 2 saturated heterocycles. The van der Waals surface area contributed by atoms with Crippen LogP contribution in [0, 0.1) is 5.41 Å². The molecule has 6 heteroatoms. The third-order valence-corrected chi connectivity index (χ3v) is 5.35. The van der Waals surface area contributed by atoms with Gasteiger partial charge in [-0.05, 0) is 25.0 Å². The quantitative estimate of drug-likeness (QED) is 0.867. The van der Waals surface area contributed by atoms with Gasteiger partial charge in [0.25, 0.3) is 0 Å². The molecule has 2 amide bonds. The van der Waals surface area contributed by atoms with E-state index in [1.54, 1.807) is 4.90 Å². The Labute approximate surface area is 124 Å². The number of hydrogen-bond acceptors (Lipinski definition) is 3. The van der Waals surface area contributed by atoms with Gasteiger partial charge in [0.15, 0.2) is 0 Å². The summed E-state index contributed by atoms with van der Waals surface area (Å²) in [5, 5.41) is 9.49. The normalized spacial score (nSPS) is 27.4. The van der Waals surface area contributed by atoms with E-state index < -0.39 is 11.4 Å². The minimum absolute atomic E-state index is 0.0340. The van der Waals surface area contributed by atoms with Gasteiger partial charge in [-0.15, -0.1) is 0 Å². The molecular formula is C14H24N2O3S. The van der Waals surface area contributed by atoms with E-state index in [1.807, 2.05) is 23.6 Å². The molecule has 0 spiro atoms. The number of amides is 2. The van der Waals surface area contributed by atoms with Crippen molar-refractivity contribution in [1.82, 2.24) is 9.80 Å². The summed E-state index contributed by atoms with van der Waals surface area (Å²) in [6, 6.07) is 0.0340. The van der Waals surface area contributed by atoms with Crippen molar-refractivity contribution in [2.45, 2.75) is 32.6 Å². The first kappa shape index (κ1) is 15.5. The lowest BCUT2D eigenvalue weighted by atomic mass is 9.83. The molecule has 2 aliphatic heterocycles. The minimum Gasteiger partial charge on any atom is -0.481 e. The summed E-state index contributed by atoms with van der Waals surface area (Å²) >= 11 is 1.89. The number of carboxylic acid groups (broad SMARTS) is 1. The van der Waals surface area contributed by atoms with Crippen LogP contribution in [0.1, 0.15) is 32.6 Å². The van der Waals surface area contributed by atoms with E-state index in [1.165, 1.54) is 0 Å². The van der Waals surface area contributed by atoms with Crippen LogP contribution in [0.5, 0.6) is 0 Å². The first-order valence-corrected chi connectivity index (χ1v) is 8.59. The monoisotopic (exact) mass is 300 g/mol. The first-order chi connectivity index (χ1) is 9.59. The van der Waals surface area contributed by atoms with E-state index in [0.717, 1.165) is 37.4 Å². The Hall–Kier alpha value is -0.910. The Morgan fingerprint density at radius 2 is 2.00 bits per heavy atom. The highest BCUT2D eigenvalue weighted by molar-refractivity contribution is 7.99. The number of rotatable bonds is 3. The van der Waals surface area contributed by atoms with Gasteiger partial charge in [-0.3, -0.25) is 4.79 Å². The maximum absolute atomic E-state index is 12.5. The molecule has 0 aromatic heterocycles. The average Bonchev–Trinajstić information content (AvgIpc) is 2.68. The van der Waals surface area contributed by atoms with Gasteiger partial charge >= 0.3 is 12.0 Å². The number of carbonyl (C=O) groups excluding carboxylic acids is 1. The fourth-order valence-corrected chi connectivity index (χ4v) is 4.02. The van der Waals surface area contributed by atoms with Crippen LogP contribution in [0.2, 0.25) is 0 Å². The fraction of sp³-hybridized carbons (Fsp3) is 0.857. The number of thioether (sulfide) groups is 1. The van der Waals surface area contributed by atoms with Crippen LogP contribution in [0.25, 0.3) is 0 Å². The molecule has 0 saturated carbocycles. The molecule has 20 heavy (non-hydrogen) atoms. The van der Waals surface area contributed by atoms with Crippen LogP contribution in [-0.4, -0.2) is 64.6 Å². The molecule has 5 nitrogen and oxygen atoms in total. The van der Waals surface area contributed by atoms with Gasteiger partial charge in [0.2, 0.25) is 0 Å². The molecule has 1 unspecified atom stereocenters. The van der Waals surface area contributed by atoms with Crippen LogP contribution in [0.15, 0.2) is 0 Å². The molecule has 2 fully saturated rings. The molecule has 0 radical (unpaired) electrons. The summed E-state index contributed by atoms with van der Waals surface area (Å²) < 4.78 is 0. The molecule has 2 rings (SSSR count). The summed E-state index contributed by atoms with van der Waals surface area (Å²) in [6.45, 7) is 4.54. The standard InChI is InChI=1S/C14H24N2O3S/c1-2-4-14(12(17)18)5-7-16(11-14)13(19)15-6-3-9-20-10-8-15/h2-11H2,1H3,(H,17,18). The van der Waals surface area contributed by atoms with Crippen LogP contribution < -0.4 is 0 Å². The van der Waals surface area contributed by atoms with Gasteiger partial charge in [-0.25, -0.2) is 4.79 Å². The molecule has 2 heterocycles. The number of aliphatic carboxylic acids is 1. The van der Waals surface area contributed by atoms with Crippen molar-refractivity contribution >= 4 is 23.8 Å². The van der Waals surface area contributed by atoms with Crippen molar-refractivity contribution in [2.24, 2.45) is 5.41 Å². The van der Waals surface area contributed by atoms with Gasteiger partial charge in [0.05, 0.1) is 5.41 Å². The first-order valence-electron chi connectivity index (χ1n) is 7.44. The number of carbonyl (C=O) groups is 2. The van der Waals surface area contributed by atoms with Crippen molar-refractivity contribution in [3.8, 4) is 0 Å². The molecule has 1 N–H and O–H groups in total. The summed E-state index contributed by atoms with van der Waals surface area (Å²) in [5.41, 5.74) is -0.717. The van der Waals surface area contributed by atoms with Gasteiger partial charge < -0.3 is 14.9 Å². The number of hydrogen-bond donors (Lipinski definition) is 1. The molecule has 0 aromatic rings. The third-order valence-electron chi connectivity index (χ3n) is 4.30. The predicted octanol–water partition coefficient (Wildman–Crippen LogP) is 2.12. The molecule has 2 aliphatic rings. The van der Waals surface area contributed by atoms with Crippen LogP contribution in [-0.2, 0) is 4.79 Å². The molecule has 0 aromatic carbocycles. The van der Waals surface area contributed by atoms with Crippen molar-refractivity contribution in [1.29, 1.82) is 0 Å². The van der Waals surface area contributed by atoms with E-state index in [-0.39, 0.29) is 6.03 Å². The third kappa shape index (κ3) is 3.22. The molecule has 114 valence electrons. The average molecular weight is 300 g/mol. The molecule has 0 aliphatic carbocycles. The highest BCUT2D eigenvalue weighted by atomic mass is 32.2. The summed E-state index contributed by atoms with van der Waals surface area (Å²) in [4.78, 5) is 27.7. The lowest BCUT2D eigenvalue weighted by molar-refractivity contribution is -0.148. The minimum atomic E-state index is -0.749. The highest BCUT2D eigenvalue weighted by Crippen LogP contribution is 2.36. The Kier molecular flexibility index (Phi) is 5.18. The maximum Gasteiger partial charge on any atom is 0.320 e. The van der Waals surface area contributed by atoms with Crippen LogP contribution >= 0.6 is 11.8 Å². The number of nitrogens with zero attached hydrogens (tertiary/aromatic N) is 2. The number of likely N-dealkylation sites (tertiary alicyclic amines) is 1. The highest BCUT2D eigenvalue weighted by Gasteiger charge is 2.46. The van der Waals surface area contributed by atoms with Crippen LogP contribution in [0.4, 0.5) is 4.79 Å². The van der Waals surface area contributed by atoms with E-state index >= 15 is 0 Å². The zero-order valence-electron chi connectivity index (χ0n) is 12.1. The maximum atomic E-state index is 12.5. The van der Waals surface area contributed by atoms with Gasteiger partial charge in [0.1, 0.15) is 0 Å². The van der Waals surface area contributed by atoms with Crippen molar-refractivity contribution < 1.29 is 14.7 Å². The largest absolute Gasteiger partial charge is 0.481 e. The van der Waals surface area contributed by atoms with Gasteiger partial charge in [-0.2, -0.15) is 11.8 Å². The van der Waals surface area contributed by atoms with E-state index in [2.05, 4.69) is 0 Å². The Balaban J connectivity index is 2.00. The molecule has 1 atom stereocenters. The summed E-state index contributed by atoms with van der Waals surface area (Å²) in [6.07, 6.45) is 3.12. The Morgan fingerprint density at radius 3 is 2.70 bits per heavy atom. The lowest BCUT2D eigenvalue weighted by Gasteiger charge is -2.28. The lowest BCUT2D eigenvalue weighted by Crippen LogP contribution is -2.45. The fourth-order valence-electron chi connectivity index (χ4n) is 3.14. The number of urea groups is 1. The van der Waals surface area contributed by atoms with Crippen LogP contribution in [0.3, 0.4) is 0 Å². The van der Waals surface area contributed by atoms with E-state index in [9.17, 15) is 14.7 Å². The van der Waals surface area contributed by atoms with Crippen molar-refractivity contribution in [2.75, 3.05) is 37.7 Å². The zero-order valence-corrected chi connectivity index (χ0v) is 13.0. The SMILES string of the molecule is CCCC1(C(=O)O)CCN(C(=O)N2CCCSCC2)C1. The topological polar surface area (TPSA) is 60.9 Å². The summed E-state index contributed by atoms with van der Waals surface area (Å²) in [5.74, 6) is 1.35. The second-order valence-corrected chi connectivity index (χ2v) is 6.97. The predicted molar refractivity (Wildman–Crippen MR) is 80.1 cm³/mol. The van der Waals surface area contributed by atoms with Gasteiger partial charge in [-0.1, -0.05) is 13.3 Å². The Bertz CT molecular complexity index is 369.